The van der Waals surface area contributed by atoms with E-state index in [2.05, 4.69) is 16.5 Å². The third-order valence-electron chi connectivity index (χ3n) is 5.46. The summed E-state index contributed by atoms with van der Waals surface area (Å²) in [6, 6.07) is 2.86. The summed E-state index contributed by atoms with van der Waals surface area (Å²) in [7, 11) is 0. The second-order valence-electron chi connectivity index (χ2n) is 8.28. The van der Waals surface area contributed by atoms with Gasteiger partial charge in [-0.3, -0.25) is 9.48 Å². The molecule has 1 aromatic heterocycles. The summed E-state index contributed by atoms with van der Waals surface area (Å²) >= 11 is 0. The standard InChI is InChI=1S/C20H19F3N6O2/c1-20(2)10-27(19(31)26-12-4-13(21)18(23)14(22)5-12)9-16-15(7-25-29(16)20)28-8-11(6-24)3-17(28)30/h4-5,7,11H,3,8-10H2,1-2H3,(H,26,31). The van der Waals surface area contributed by atoms with Gasteiger partial charge in [0.1, 0.15) is 0 Å². The number of fused-ring (bicyclic) bond motifs is 1. The summed E-state index contributed by atoms with van der Waals surface area (Å²) in [5, 5.41) is 15.9. The lowest BCUT2D eigenvalue weighted by atomic mass is 10.0. The second kappa shape index (κ2) is 7.30. The van der Waals surface area contributed by atoms with Crippen molar-refractivity contribution in [3.8, 4) is 6.07 Å². The number of carbonyl (C=O) groups is 2. The number of carbonyl (C=O) groups excluding carboxylic acids is 2. The summed E-state index contributed by atoms with van der Waals surface area (Å²) < 4.78 is 41.9. The van der Waals surface area contributed by atoms with Gasteiger partial charge in [-0.2, -0.15) is 10.4 Å². The molecule has 1 fully saturated rings. The number of hydrogen-bond donors (Lipinski definition) is 1. The molecule has 1 saturated heterocycles. The molecule has 3 amide bonds. The van der Waals surface area contributed by atoms with Gasteiger partial charge in [-0.05, 0) is 13.8 Å². The Balaban J connectivity index is 1.60. The van der Waals surface area contributed by atoms with E-state index in [4.69, 9.17) is 5.26 Å². The molecule has 2 aliphatic rings. The topological polar surface area (TPSA) is 94.3 Å². The zero-order valence-corrected chi connectivity index (χ0v) is 16.8. The van der Waals surface area contributed by atoms with Crippen LogP contribution in [0.15, 0.2) is 18.3 Å². The number of amides is 3. The Morgan fingerprint density at radius 2 is 1.97 bits per heavy atom. The lowest BCUT2D eigenvalue weighted by Gasteiger charge is -2.39. The minimum atomic E-state index is -1.61. The molecular weight excluding hydrogens is 413 g/mol. The van der Waals surface area contributed by atoms with Crippen molar-refractivity contribution in [1.29, 1.82) is 5.26 Å². The van der Waals surface area contributed by atoms with Gasteiger partial charge in [0.2, 0.25) is 5.91 Å². The normalized spacial score (nSPS) is 19.9. The van der Waals surface area contributed by atoms with E-state index in [1.54, 1.807) is 10.9 Å². The summed E-state index contributed by atoms with van der Waals surface area (Å²) in [4.78, 5) is 28.1. The average Bonchev–Trinajstić information content (AvgIpc) is 3.29. The van der Waals surface area contributed by atoms with Crippen molar-refractivity contribution in [2.45, 2.75) is 32.4 Å². The number of benzene rings is 1. The van der Waals surface area contributed by atoms with Crippen molar-refractivity contribution in [1.82, 2.24) is 14.7 Å². The molecule has 1 aromatic carbocycles. The van der Waals surface area contributed by atoms with Crippen molar-refractivity contribution >= 4 is 23.3 Å². The van der Waals surface area contributed by atoms with Crippen LogP contribution in [0.2, 0.25) is 0 Å². The highest BCUT2D eigenvalue weighted by atomic mass is 19.2. The fourth-order valence-electron chi connectivity index (χ4n) is 4.03. The Hall–Kier alpha value is -3.55. The minimum absolute atomic E-state index is 0.0811. The predicted molar refractivity (Wildman–Crippen MR) is 103 cm³/mol. The van der Waals surface area contributed by atoms with Crippen molar-refractivity contribution in [3.05, 3.63) is 41.5 Å². The number of rotatable bonds is 2. The lowest BCUT2D eigenvalue weighted by molar-refractivity contribution is -0.117. The molecule has 3 heterocycles. The second-order valence-corrected chi connectivity index (χ2v) is 8.28. The number of nitrogens with zero attached hydrogens (tertiary/aromatic N) is 5. The molecule has 1 N–H and O–H groups in total. The van der Waals surface area contributed by atoms with Gasteiger partial charge in [0, 0.05) is 37.3 Å². The fraction of sp³-hybridized carbons (Fsp3) is 0.400. The maximum absolute atomic E-state index is 13.5. The molecular formula is C20H19F3N6O2. The number of nitriles is 1. The zero-order valence-electron chi connectivity index (χ0n) is 16.8. The summed E-state index contributed by atoms with van der Waals surface area (Å²) in [6.07, 6.45) is 1.66. The minimum Gasteiger partial charge on any atom is -0.316 e. The van der Waals surface area contributed by atoms with Crippen LogP contribution in [0.1, 0.15) is 26.0 Å². The van der Waals surface area contributed by atoms with Gasteiger partial charge in [0.05, 0.1) is 41.6 Å². The van der Waals surface area contributed by atoms with E-state index in [9.17, 15) is 22.8 Å². The Labute approximate surface area is 175 Å². The van der Waals surface area contributed by atoms with Crippen LogP contribution in [-0.2, 0) is 16.9 Å². The van der Waals surface area contributed by atoms with Crippen LogP contribution in [0.4, 0.5) is 29.3 Å². The van der Waals surface area contributed by atoms with E-state index in [0.717, 1.165) is 0 Å². The Kier molecular flexibility index (Phi) is 4.88. The molecule has 11 heteroatoms. The monoisotopic (exact) mass is 432 g/mol. The fourth-order valence-corrected chi connectivity index (χ4v) is 4.03. The van der Waals surface area contributed by atoms with Gasteiger partial charge >= 0.3 is 6.03 Å². The summed E-state index contributed by atoms with van der Waals surface area (Å²) in [5.74, 6) is -5.04. The summed E-state index contributed by atoms with van der Waals surface area (Å²) in [5.41, 5.74) is 0.270. The molecule has 0 bridgehead atoms. The Bertz CT molecular complexity index is 1100. The van der Waals surface area contributed by atoms with Crippen LogP contribution in [0.25, 0.3) is 0 Å². The van der Waals surface area contributed by atoms with Gasteiger partial charge in [0.25, 0.3) is 0 Å². The van der Waals surface area contributed by atoms with Crippen molar-refractivity contribution in [3.63, 3.8) is 0 Å². The van der Waals surface area contributed by atoms with Crippen LogP contribution >= 0.6 is 0 Å². The number of aromatic nitrogens is 2. The predicted octanol–water partition coefficient (Wildman–Crippen LogP) is 2.96. The van der Waals surface area contributed by atoms with Crippen LogP contribution in [0.3, 0.4) is 0 Å². The van der Waals surface area contributed by atoms with Crippen LogP contribution in [0.5, 0.6) is 0 Å². The molecule has 4 rings (SSSR count). The van der Waals surface area contributed by atoms with E-state index < -0.39 is 34.9 Å². The van der Waals surface area contributed by atoms with Crippen molar-refractivity contribution in [2.24, 2.45) is 5.92 Å². The van der Waals surface area contributed by atoms with E-state index in [0.29, 0.717) is 23.5 Å². The molecule has 0 spiro atoms. The zero-order chi connectivity index (χ0) is 22.5. The van der Waals surface area contributed by atoms with Gasteiger partial charge in [-0.15, -0.1) is 0 Å². The van der Waals surface area contributed by atoms with E-state index in [-0.39, 0.29) is 37.6 Å². The molecule has 31 heavy (non-hydrogen) atoms. The maximum atomic E-state index is 13.5. The number of nitrogens with one attached hydrogen (secondary N) is 1. The molecule has 0 radical (unpaired) electrons. The van der Waals surface area contributed by atoms with E-state index >= 15 is 0 Å². The highest BCUT2D eigenvalue weighted by molar-refractivity contribution is 5.96. The number of halogens is 3. The molecule has 1 atom stereocenters. The molecule has 2 aliphatic heterocycles. The first-order valence-electron chi connectivity index (χ1n) is 9.58. The maximum Gasteiger partial charge on any atom is 0.322 e. The molecule has 0 aliphatic carbocycles. The summed E-state index contributed by atoms with van der Waals surface area (Å²) in [6.45, 7) is 4.27. The SMILES string of the molecule is CC1(C)CN(C(=O)Nc2cc(F)c(F)c(F)c2)Cc2c(N3CC(C#N)CC3=O)cnn21. The highest BCUT2D eigenvalue weighted by Gasteiger charge is 2.40. The van der Waals surface area contributed by atoms with Crippen LogP contribution in [-0.4, -0.2) is 39.7 Å². The first-order valence-corrected chi connectivity index (χ1v) is 9.58. The first kappa shape index (κ1) is 20.7. The average molecular weight is 432 g/mol. The first-order chi connectivity index (χ1) is 14.6. The third-order valence-corrected chi connectivity index (χ3v) is 5.46. The molecule has 1 unspecified atom stereocenters. The smallest absolute Gasteiger partial charge is 0.316 e. The van der Waals surface area contributed by atoms with E-state index in [1.165, 1.54) is 9.80 Å². The van der Waals surface area contributed by atoms with Gasteiger partial charge < -0.3 is 15.1 Å². The van der Waals surface area contributed by atoms with Crippen molar-refractivity contribution in [2.75, 3.05) is 23.3 Å². The van der Waals surface area contributed by atoms with Gasteiger partial charge in [-0.25, -0.2) is 18.0 Å². The number of hydrogen-bond acceptors (Lipinski definition) is 4. The van der Waals surface area contributed by atoms with Crippen LogP contribution < -0.4 is 10.2 Å². The van der Waals surface area contributed by atoms with Crippen molar-refractivity contribution < 1.29 is 22.8 Å². The van der Waals surface area contributed by atoms with Gasteiger partial charge in [-0.1, -0.05) is 0 Å². The highest BCUT2D eigenvalue weighted by Crippen LogP contribution is 2.35. The number of urea groups is 1. The quantitative estimate of drug-likeness (QED) is 0.739. The Morgan fingerprint density at radius 3 is 2.58 bits per heavy atom. The Morgan fingerprint density at radius 1 is 1.29 bits per heavy atom. The molecule has 162 valence electrons. The van der Waals surface area contributed by atoms with Crippen LogP contribution in [0, 0.1) is 34.7 Å². The largest absolute Gasteiger partial charge is 0.322 e. The number of anilines is 2. The third kappa shape index (κ3) is 3.58. The molecule has 0 saturated carbocycles. The van der Waals surface area contributed by atoms with Gasteiger partial charge in [0.15, 0.2) is 17.5 Å². The molecule has 8 nitrogen and oxygen atoms in total. The molecule has 2 aromatic rings. The van der Waals surface area contributed by atoms with E-state index in [1.807, 2.05) is 13.8 Å². The lowest BCUT2D eigenvalue weighted by Crippen LogP contribution is -2.51.